The van der Waals surface area contributed by atoms with Crippen molar-refractivity contribution in [1.29, 1.82) is 0 Å². The molecule has 0 aliphatic carbocycles. The molecule has 0 rings (SSSR count). The highest BCUT2D eigenvalue weighted by Crippen LogP contribution is 2.00. The van der Waals surface area contributed by atoms with Crippen molar-refractivity contribution < 1.29 is 19.5 Å². The molecule has 0 unspecified atom stereocenters. The van der Waals surface area contributed by atoms with E-state index in [-0.39, 0.29) is 18.9 Å². The lowest BCUT2D eigenvalue weighted by molar-refractivity contribution is -0.145. The topological polar surface area (TPSA) is 101 Å². The van der Waals surface area contributed by atoms with Gasteiger partial charge in [-0.05, 0) is 6.42 Å². The van der Waals surface area contributed by atoms with E-state index in [9.17, 15) is 14.4 Å². The van der Waals surface area contributed by atoms with Crippen molar-refractivity contribution in [3.8, 4) is 0 Å². The fourth-order valence-electron chi connectivity index (χ4n) is 1.07. The number of carboxylic acids is 1. The molecule has 2 amide bonds. The Morgan fingerprint density at radius 2 is 1.87 bits per heavy atom. The minimum atomic E-state index is -1.15. The first-order valence-corrected chi connectivity index (χ1v) is 4.75. The zero-order valence-electron chi connectivity index (χ0n) is 8.73. The summed E-state index contributed by atoms with van der Waals surface area (Å²) in [5.41, 5.74) is 4.91. The van der Waals surface area contributed by atoms with E-state index in [2.05, 4.69) is 0 Å². The van der Waals surface area contributed by atoms with Crippen molar-refractivity contribution in [2.24, 2.45) is 5.73 Å². The molecule has 0 aliphatic heterocycles. The monoisotopic (exact) mass is 216 g/mol. The maximum absolute atomic E-state index is 11.4. The van der Waals surface area contributed by atoms with Crippen LogP contribution in [0.15, 0.2) is 0 Å². The fraction of sp³-hybridized carbons (Fsp3) is 0.667. The minimum Gasteiger partial charge on any atom is -0.480 e. The van der Waals surface area contributed by atoms with E-state index >= 15 is 0 Å². The Morgan fingerprint density at radius 3 is 2.27 bits per heavy atom. The number of amides is 2. The molecule has 0 aromatic carbocycles. The number of unbranched alkanes of at least 4 members (excludes halogenated alkanes) is 1. The summed E-state index contributed by atoms with van der Waals surface area (Å²) in [5.74, 6) is -2.21. The van der Waals surface area contributed by atoms with Gasteiger partial charge in [-0.25, -0.2) is 0 Å². The maximum Gasteiger partial charge on any atom is 0.323 e. The lowest BCUT2D eigenvalue weighted by Crippen LogP contribution is -2.41. The average molecular weight is 216 g/mol. The molecule has 0 aromatic heterocycles. The molecule has 0 bridgehead atoms. The Bertz CT molecular complexity index is 236. The summed E-state index contributed by atoms with van der Waals surface area (Å²) < 4.78 is 0. The predicted octanol–water partition coefficient (Wildman–Crippen LogP) is -0.425. The molecule has 86 valence electrons. The molecule has 0 atom stereocenters. The number of nitrogens with zero attached hydrogens (tertiary/aromatic N) is 1. The van der Waals surface area contributed by atoms with Gasteiger partial charge in [0.1, 0.15) is 6.54 Å². The molecule has 15 heavy (non-hydrogen) atoms. The van der Waals surface area contributed by atoms with Gasteiger partial charge >= 0.3 is 5.97 Å². The van der Waals surface area contributed by atoms with Gasteiger partial charge in [-0.15, -0.1) is 0 Å². The van der Waals surface area contributed by atoms with Crippen LogP contribution in [0.2, 0.25) is 0 Å². The van der Waals surface area contributed by atoms with Crippen molar-refractivity contribution in [3.05, 3.63) is 0 Å². The second-order valence-electron chi connectivity index (χ2n) is 3.21. The number of carbonyl (C=O) groups is 3. The molecule has 0 radical (unpaired) electrons. The van der Waals surface area contributed by atoms with Crippen LogP contribution in [-0.4, -0.2) is 40.9 Å². The largest absolute Gasteiger partial charge is 0.480 e. The molecule has 0 saturated carbocycles. The second kappa shape index (κ2) is 6.80. The highest BCUT2D eigenvalue weighted by molar-refractivity contribution is 5.86. The van der Waals surface area contributed by atoms with Crippen LogP contribution in [0.5, 0.6) is 0 Å². The van der Waals surface area contributed by atoms with E-state index in [4.69, 9.17) is 10.8 Å². The Hall–Kier alpha value is -1.59. The summed E-state index contributed by atoms with van der Waals surface area (Å²) in [4.78, 5) is 33.4. The highest BCUT2D eigenvalue weighted by Gasteiger charge is 2.17. The summed E-state index contributed by atoms with van der Waals surface area (Å²) in [6.07, 6.45) is 1.76. The van der Waals surface area contributed by atoms with Gasteiger partial charge < -0.3 is 15.7 Å². The lowest BCUT2D eigenvalue weighted by atomic mass is 10.2. The first kappa shape index (κ1) is 13.4. The van der Waals surface area contributed by atoms with Gasteiger partial charge in [-0.1, -0.05) is 13.3 Å². The predicted molar refractivity (Wildman–Crippen MR) is 52.9 cm³/mol. The standard InChI is InChI=1S/C9H16N2O4/c1-2-3-4-8(13)11(5-7(10)12)6-9(14)15/h2-6H2,1H3,(H2,10,12)(H,14,15). The molecule has 0 heterocycles. The Morgan fingerprint density at radius 1 is 1.27 bits per heavy atom. The zero-order chi connectivity index (χ0) is 11.8. The first-order valence-electron chi connectivity index (χ1n) is 4.75. The molecular formula is C9H16N2O4. The molecule has 0 saturated heterocycles. The number of primary amides is 1. The molecule has 3 N–H and O–H groups in total. The smallest absolute Gasteiger partial charge is 0.323 e. The number of carboxylic acid groups (broad SMARTS) is 1. The molecular weight excluding hydrogens is 200 g/mol. The van der Waals surface area contributed by atoms with Gasteiger partial charge in [0.2, 0.25) is 11.8 Å². The quantitative estimate of drug-likeness (QED) is 0.603. The van der Waals surface area contributed by atoms with E-state index in [1.165, 1.54) is 0 Å². The molecule has 0 aliphatic rings. The van der Waals surface area contributed by atoms with Gasteiger partial charge in [0.15, 0.2) is 0 Å². The van der Waals surface area contributed by atoms with Crippen molar-refractivity contribution in [3.63, 3.8) is 0 Å². The number of aliphatic carboxylic acids is 1. The average Bonchev–Trinajstić information content (AvgIpc) is 2.11. The maximum atomic E-state index is 11.4. The van der Waals surface area contributed by atoms with Gasteiger partial charge in [-0.3, -0.25) is 14.4 Å². The molecule has 0 aromatic rings. The highest BCUT2D eigenvalue weighted by atomic mass is 16.4. The summed E-state index contributed by atoms with van der Waals surface area (Å²) in [6, 6.07) is 0. The van der Waals surface area contributed by atoms with Crippen LogP contribution in [0.1, 0.15) is 26.2 Å². The van der Waals surface area contributed by atoms with E-state index in [0.29, 0.717) is 6.42 Å². The summed E-state index contributed by atoms with van der Waals surface area (Å²) in [5, 5.41) is 8.53. The minimum absolute atomic E-state index is 0.247. The van der Waals surface area contributed by atoms with Crippen LogP contribution in [-0.2, 0) is 14.4 Å². The van der Waals surface area contributed by atoms with Crippen molar-refractivity contribution in [1.82, 2.24) is 4.90 Å². The van der Waals surface area contributed by atoms with Crippen LogP contribution in [0, 0.1) is 0 Å². The summed E-state index contributed by atoms with van der Waals surface area (Å²) >= 11 is 0. The second-order valence-corrected chi connectivity index (χ2v) is 3.21. The first-order chi connectivity index (χ1) is 6.97. The number of nitrogens with two attached hydrogens (primary N) is 1. The Balaban J connectivity index is 4.26. The Labute approximate surface area is 88.0 Å². The number of hydrogen-bond acceptors (Lipinski definition) is 3. The molecule has 0 spiro atoms. The van der Waals surface area contributed by atoms with E-state index in [1.54, 1.807) is 0 Å². The zero-order valence-corrected chi connectivity index (χ0v) is 8.73. The van der Waals surface area contributed by atoms with E-state index < -0.39 is 18.4 Å². The third-order valence-electron chi connectivity index (χ3n) is 1.77. The van der Waals surface area contributed by atoms with Crippen LogP contribution in [0.25, 0.3) is 0 Å². The Kier molecular flexibility index (Phi) is 6.08. The fourth-order valence-corrected chi connectivity index (χ4v) is 1.07. The SMILES string of the molecule is CCCCC(=O)N(CC(N)=O)CC(=O)O. The molecule has 6 heteroatoms. The van der Waals surface area contributed by atoms with Gasteiger partial charge in [0.25, 0.3) is 0 Å². The van der Waals surface area contributed by atoms with E-state index in [0.717, 1.165) is 11.3 Å². The third kappa shape index (κ3) is 6.48. The van der Waals surface area contributed by atoms with Gasteiger partial charge in [0, 0.05) is 6.42 Å². The summed E-state index contributed by atoms with van der Waals surface area (Å²) in [6.45, 7) is 1.10. The third-order valence-corrected chi connectivity index (χ3v) is 1.77. The van der Waals surface area contributed by atoms with Gasteiger partial charge in [0.05, 0.1) is 6.54 Å². The summed E-state index contributed by atoms with van der Waals surface area (Å²) in [7, 11) is 0. The van der Waals surface area contributed by atoms with Crippen LogP contribution < -0.4 is 5.73 Å². The van der Waals surface area contributed by atoms with E-state index in [1.807, 2.05) is 6.92 Å². The number of rotatable bonds is 7. The molecule has 0 fully saturated rings. The van der Waals surface area contributed by atoms with Crippen molar-refractivity contribution in [2.45, 2.75) is 26.2 Å². The van der Waals surface area contributed by atoms with Crippen molar-refractivity contribution in [2.75, 3.05) is 13.1 Å². The van der Waals surface area contributed by atoms with Crippen molar-refractivity contribution >= 4 is 17.8 Å². The van der Waals surface area contributed by atoms with Crippen LogP contribution in [0.3, 0.4) is 0 Å². The van der Waals surface area contributed by atoms with Crippen LogP contribution >= 0.6 is 0 Å². The van der Waals surface area contributed by atoms with Crippen LogP contribution in [0.4, 0.5) is 0 Å². The van der Waals surface area contributed by atoms with Gasteiger partial charge in [-0.2, -0.15) is 0 Å². The number of hydrogen-bond donors (Lipinski definition) is 2. The normalized spacial score (nSPS) is 9.67. The lowest BCUT2D eigenvalue weighted by Gasteiger charge is -2.18. The number of carbonyl (C=O) groups excluding carboxylic acids is 2. The molecule has 6 nitrogen and oxygen atoms in total.